The Morgan fingerprint density at radius 3 is 2.35 bits per heavy atom. The predicted octanol–water partition coefficient (Wildman–Crippen LogP) is 2.45. The van der Waals surface area contributed by atoms with Crippen LogP contribution in [-0.2, 0) is 10.0 Å². The molecule has 2 aromatic rings. The number of sulfonamides is 1. The minimum absolute atomic E-state index is 0.176. The fourth-order valence-corrected chi connectivity index (χ4v) is 2.54. The Bertz CT molecular complexity index is 742. The molecule has 1 aromatic carbocycles. The van der Waals surface area contributed by atoms with E-state index in [0.29, 0.717) is 16.8 Å². The number of hydrogen-bond acceptors (Lipinski definition) is 4. The molecule has 0 aliphatic heterocycles. The molecule has 0 saturated heterocycles. The first kappa shape index (κ1) is 14.7. The fourth-order valence-electron chi connectivity index (χ4n) is 1.61. The quantitative estimate of drug-likeness (QED) is 0.855. The highest BCUT2D eigenvalue weighted by atomic mass is 79.9. The van der Waals surface area contributed by atoms with Crippen LogP contribution >= 0.6 is 15.9 Å². The highest BCUT2D eigenvalue weighted by Gasteiger charge is 2.10. The van der Waals surface area contributed by atoms with Crippen molar-refractivity contribution >= 4 is 37.4 Å². The highest BCUT2D eigenvalue weighted by molar-refractivity contribution is 9.10. The van der Waals surface area contributed by atoms with Gasteiger partial charge in [0.1, 0.15) is 0 Å². The molecule has 0 amide bonds. The van der Waals surface area contributed by atoms with Crippen molar-refractivity contribution in [2.45, 2.75) is 0 Å². The minimum atomic E-state index is -3.32. The number of carbonyl (C=O) groups is 1. The highest BCUT2D eigenvalue weighted by Crippen LogP contribution is 2.16. The number of benzene rings is 1. The number of ketones is 1. The summed E-state index contributed by atoms with van der Waals surface area (Å²) < 4.78 is 25.2. The molecule has 0 bridgehead atoms. The number of halogens is 1. The van der Waals surface area contributed by atoms with Crippen LogP contribution in [0, 0.1) is 0 Å². The van der Waals surface area contributed by atoms with Gasteiger partial charge in [-0.3, -0.25) is 14.5 Å². The van der Waals surface area contributed by atoms with Gasteiger partial charge in [-0.2, -0.15) is 0 Å². The molecule has 0 fully saturated rings. The number of nitrogens with one attached hydrogen (secondary N) is 1. The average molecular weight is 355 g/mol. The number of carbonyl (C=O) groups excluding carboxylic acids is 1. The summed E-state index contributed by atoms with van der Waals surface area (Å²) in [7, 11) is -3.32. The van der Waals surface area contributed by atoms with Crippen LogP contribution < -0.4 is 4.72 Å². The van der Waals surface area contributed by atoms with Gasteiger partial charge in [0.2, 0.25) is 10.0 Å². The van der Waals surface area contributed by atoms with E-state index >= 15 is 0 Å². The van der Waals surface area contributed by atoms with Crippen molar-refractivity contribution in [3.63, 3.8) is 0 Å². The zero-order valence-electron chi connectivity index (χ0n) is 10.5. The van der Waals surface area contributed by atoms with Crippen LogP contribution in [0.15, 0.2) is 47.2 Å². The van der Waals surface area contributed by atoms with E-state index in [1.54, 1.807) is 36.5 Å². The Morgan fingerprint density at radius 2 is 1.80 bits per heavy atom. The van der Waals surface area contributed by atoms with Gasteiger partial charge in [-0.05, 0) is 46.3 Å². The van der Waals surface area contributed by atoms with Crippen molar-refractivity contribution in [3.05, 3.63) is 58.3 Å². The van der Waals surface area contributed by atoms with E-state index in [2.05, 4.69) is 25.6 Å². The van der Waals surface area contributed by atoms with Gasteiger partial charge in [-0.25, -0.2) is 8.42 Å². The monoisotopic (exact) mass is 354 g/mol. The Balaban J connectivity index is 2.24. The summed E-state index contributed by atoms with van der Waals surface area (Å²) in [4.78, 5) is 16.1. The molecule has 0 radical (unpaired) electrons. The third-order valence-electron chi connectivity index (χ3n) is 2.42. The van der Waals surface area contributed by atoms with E-state index in [0.717, 1.165) is 10.7 Å². The summed E-state index contributed by atoms with van der Waals surface area (Å²) in [5, 5.41) is 0. The lowest BCUT2D eigenvalue weighted by atomic mass is 10.1. The van der Waals surface area contributed by atoms with Gasteiger partial charge in [-0.1, -0.05) is 0 Å². The largest absolute Gasteiger partial charge is 0.289 e. The van der Waals surface area contributed by atoms with Crippen LogP contribution in [-0.4, -0.2) is 25.4 Å². The van der Waals surface area contributed by atoms with Crippen LogP contribution in [0.1, 0.15) is 15.9 Å². The second-order valence-corrected chi connectivity index (χ2v) is 6.84. The van der Waals surface area contributed by atoms with Crippen LogP contribution in [0.3, 0.4) is 0 Å². The van der Waals surface area contributed by atoms with Gasteiger partial charge in [-0.15, -0.1) is 0 Å². The van der Waals surface area contributed by atoms with Crippen molar-refractivity contribution in [3.8, 4) is 0 Å². The van der Waals surface area contributed by atoms with Crippen LogP contribution in [0.25, 0.3) is 0 Å². The number of rotatable bonds is 4. The van der Waals surface area contributed by atoms with E-state index in [4.69, 9.17) is 0 Å². The summed E-state index contributed by atoms with van der Waals surface area (Å²) in [5.74, 6) is -0.176. The molecular weight excluding hydrogens is 344 g/mol. The molecule has 1 heterocycles. The zero-order chi connectivity index (χ0) is 14.8. The fraction of sp³-hybridized carbons (Fsp3) is 0.0769. The first-order valence-corrected chi connectivity index (χ1v) is 8.27. The maximum atomic E-state index is 12.2. The van der Waals surface area contributed by atoms with Crippen molar-refractivity contribution in [1.29, 1.82) is 0 Å². The van der Waals surface area contributed by atoms with Crippen LogP contribution in [0.5, 0.6) is 0 Å². The Labute approximate surface area is 125 Å². The summed E-state index contributed by atoms with van der Waals surface area (Å²) >= 11 is 3.26. The smallest absolute Gasteiger partial charge is 0.229 e. The molecule has 0 saturated carbocycles. The molecule has 0 atom stereocenters. The molecular formula is C13H11BrN2O3S. The second-order valence-electron chi connectivity index (χ2n) is 4.17. The lowest BCUT2D eigenvalue weighted by Crippen LogP contribution is -2.09. The molecule has 1 aromatic heterocycles. The molecule has 7 heteroatoms. The Morgan fingerprint density at radius 1 is 1.15 bits per heavy atom. The van der Waals surface area contributed by atoms with Crippen molar-refractivity contribution < 1.29 is 13.2 Å². The number of nitrogens with zero attached hydrogens (tertiary/aromatic N) is 1. The molecule has 0 aliphatic rings. The minimum Gasteiger partial charge on any atom is -0.289 e. The van der Waals surface area contributed by atoms with Gasteiger partial charge in [0.05, 0.1) is 6.26 Å². The maximum absolute atomic E-state index is 12.2. The van der Waals surface area contributed by atoms with Crippen molar-refractivity contribution in [2.75, 3.05) is 11.0 Å². The third kappa shape index (κ3) is 3.88. The maximum Gasteiger partial charge on any atom is 0.229 e. The normalized spacial score (nSPS) is 11.1. The molecule has 0 unspecified atom stereocenters. The van der Waals surface area contributed by atoms with E-state index in [1.165, 1.54) is 6.20 Å². The summed E-state index contributed by atoms with van der Waals surface area (Å²) in [6, 6.07) is 7.89. The standard InChI is InChI=1S/C13H11BrN2O3S/c1-20(18,19)16-12-4-2-9(3-5-12)13(17)10-6-11(14)8-15-7-10/h2-8,16H,1H3. The average Bonchev–Trinajstić information content (AvgIpc) is 2.37. The number of pyridine rings is 1. The van der Waals surface area contributed by atoms with Gasteiger partial charge >= 0.3 is 0 Å². The lowest BCUT2D eigenvalue weighted by molar-refractivity contribution is 0.103. The van der Waals surface area contributed by atoms with Gasteiger partial charge in [0.15, 0.2) is 5.78 Å². The summed E-state index contributed by atoms with van der Waals surface area (Å²) in [5.41, 5.74) is 1.34. The van der Waals surface area contributed by atoms with Gasteiger partial charge < -0.3 is 0 Å². The predicted molar refractivity (Wildman–Crippen MR) is 80.3 cm³/mol. The van der Waals surface area contributed by atoms with E-state index in [-0.39, 0.29) is 5.78 Å². The van der Waals surface area contributed by atoms with Gasteiger partial charge in [0.25, 0.3) is 0 Å². The van der Waals surface area contributed by atoms with Crippen molar-refractivity contribution in [1.82, 2.24) is 4.98 Å². The SMILES string of the molecule is CS(=O)(=O)Nc1ccc(C(=O)c2cncc(Br)c2)cc1. The molecule has 104 valence electrons. The van der Waals surface area contributed by atoms with Gasteiger partial charge in [0, 0.05) is 33.7 Å². The number of hydrogen-bond donors (Lipinski definition) is 1. The van der Waals surface area contributed by atoms with Crippen molar-refractivity contribution in [2.24, 2.45) is 0 Å². The molecule has 1 N–H and O–H groups in total. The second kappa shape index (κ2) is 5.72. The molecule has 5 nitrogen and oxygen atoms in total. The Kier molecular flexibility index (Phi) is 4.20. The van der Waals surface area contributed by atoms with E-state index in [1.807, 2.05) is 0 Å². The van der Waals surface area contributed by atoms with E-state index in [9.17, 15) is 13.2 Å². The molecule has 20 heavy (non-hydrogen) atoms. The molecule has 0 aliphatic carbocycles. The topological polar surface area (TPSA) is 76.1 Å². The molecule has 0 spiro atoms. The van der Waals surface area contributed by atoms with Crippen LogP contribution in [0.2, 0.25) is 0 Å². The number of aromatic nitrogens is 1. The summed E-state index contributed by atoms with van der Waals surface area (Å²) in [6.07, 6.45) is 4.14. The molecule has 2 rings (SSSR count). The number of anilines is 1. The third-order valence-corrected chi connectivity index (χ3v) is 3.46. The first-order valence-electron chi connectivity index (χ1n) is 5.58. The summed E-state index contributed by atoms with van der Waals surface area (Å²) in [6.45, 7) is 0. The van der Waals surface area contributed by atoms with E-state index < -0.39 is 10.0 Å². The van der Waals surface area contributed by atoms with Crippen LogP contribution in [0.4, 0.5) is 5.69 Å². The zero-order valence-corrected chi connectivity index (χ0v) is 12.9. The first-order chi connectivity index (χ1) is 9.35. The lowest BCUT2D eigenvalue weighted by Gasteiger charge is -2.05. The Hall–Kier alpha value is -1.73.